The number of aliphatic hydroxyl groups is 1. The van der Waals surface area contributed by atoms with E-state index in [-0.39, 0.29) is 17.4 Å². The number of hydrogen-bond acceptors (Lipinski definition) is 7. The highest BCUT2D eigenvalue weighted by molar-refractivity contribution is 9.10. The Bertz CT molecular complexity index is 1830. The zero-order chi connectivity index (χ0) is 36.5. The van der Waals surface area contributed by atoms with E-state index in [1.54, 1.807) is 17.0 Å². The van der Waals surface area contributed by atoms with Crippen molar-refractivity contribution in [2.45, 2.75) is 76.0 Å². The fourth-order valence-electron chi connectivity index (χ4n) is 7.99. The number of carbonyl (C=O) groups is 1. The Morgan fingerprint density at radius 1 is 0.942 bits per heavy atom. The number of phenols is 1. The van der Waals surface area contributed by atoms with Gasteiger partial charge in [-0.1, -0.05) is 84.4 Å². The first-order chi connectivity index (χ1) is 25.3. The number of aliphatic hydroxyl groups excluding tert-OH is 1. The zero-order valence-corrected chi connectivity index (χ0v) is 31.3. The molecular formula is C41H51BrN4O6. The van der Waals surface area contributed by atoms with Gasteiger partial charge in [0.15, 0.2) is 0 Å². The number of carboxylic acid groups (broad SMARTS) is 1. The number of aromatic nitrogens is 1. The van der Waals surface area contributed by atoms with Gasteiger partial charge in [-0.05, 0) is 98.3 Å². The van der Waals surface area contributed by atoms with Crippen LogP contribution in [0.25, 0.3) is 10.9 Å². The highest BCUT2D eigenvalue weighted by atomic mass is 79.9. The summed E-state index contributed by atoms with van der Waals surface area (Å²) < 4.78 is 7.12. The number of piperidine rings is 3. The highest BCUT2D eigenvalue weighted by Gasteiger charge is 2.43. The first-order valence-corrected chi connectivity index (χ1v) is 19.5. The van der Waals surface area contributed by atoms with Crippen LogP contribution in [0.3, 0.4) is 0 Å². The zero-order valence-electron chi connectivity index (χ0n) is 29.7. The quantitative estimate of drug-likeness (QED) is 0.0653. The molecule has 7 rings (SSSR count). The van der Waals surface area contributed by atoms with Crippen molar-refractivity contribution in [3.8, 4) is 11.5 Å². The molecule has 0 aliphatic carbocycles. The fourth-order valence-corrected chi connectivity index (χ4v) is 8.48. The second-order valence-electron chi connectivity index (χ2n) is 14.3. The van der Waals surface area contributed by atoms with Crippen molar-refractivity contribution in [2.24, 2.45) is 5.92 Å². The molecule has 1 unspecified atom stereocenters. The largest absolute Gasteiger partial charge is 0.506 e. The molecule has 278 valence electrons. The van der Waals surface area contributed by atoms with E-state index in [4.69, 9.17) is 4.74 Å². The van der Waals surface area contributed by atoms with Gasteiger partial charge in [0.25, 0.3) is 0 Å². The van der Waals surface area contributed by atoms with Crippen LogP contribution in [0.2, 0.25) is 0 Å². The second-order valence-corrected chi connectivity index (χ2v) is 15.2. The minimum Gasteiger partial charge on any atom is -0.506 e. The van der Waals surface area contributed by atoms with Gasteiger partial charge in [-0.25, -0.2) is 4.79 Å². The van der Waals surface area contributed by atoms with Crippen molar-refractivity contribution in [1.82, 2.24) is 20.1 Å². The summed E-state index contributed by atoms with van der Waals surface area (Å²) in [7, 11) is 0. The number of rotatable bonds is 18. The van der Waals surface area contributed by atoms with E-state index in [2.05, 4.69) is 31.1 Å². The van der Waals surface area contributed by atoms with Gasteiger partial charge >= 0.3 is 6.09 Å². The van der Waals surface area contributed by atoms with Crippen LogP contribution < -0.4 is 15.6 Å². The van der Waals surface area contributed by atoms with Crippen LogP contribution in [0.5, 0.6) is 11.5 Å². The Kier molecular flexibility index (Phi) is 13.3. The molecule has 4 aromatic rings. The van der Waals surface area contributed by atoms with Crippen LogP contribution >= 0.6 is 15.9 Å². The lowest BCUT2D eigenvalue weighted by molar-refractivity contribution is -0.000819. The third kappa shape index (κ3) is 9.55. The van der Waals surface area contributed by atoms with Gasteiger partial charge in [-0.3, -0.25) is 9.69 Å². The van der Waals surface area contributed by atoms with Gasteiger partial charge in [0.05, 0.1) is 30.3 Å². The summed E-state index contributed by atoms with van der Waals surface area (Å²) >= 11 is 3.68. The van der Waals surface area contributed by atoms with Crippen LogP contribution in [0, 0.1) is 5.92 Å². The van der Waals surface area contributed by atoms with Gasteiger partial charge in [-0.2, -0.15) is 0 Å². The van der Waals surface area contributed by atoms with Crippen LogP contribution in [-0.2, 0) is 0 Å². The number of benzene rings is 3. The number of aromatic hydroxyl groups is 1. The summed E-state index contributed by atoms with van der Waals surface area (Å²) in [6, 6.07) is 21.7. The predicted octanol–water partition coefficient (Wildman–Crippen LogP) is 7.59. The second kappa shape index (κ2) is 18.2. The van der Waals surface area contributed by atoms with Crippen molar-refractivity contribution in [3.05, 3.63) is 104 Å². The lowest BCUT2D eigenvalue weighted by Crippen LogP contribution is -2.59. The summed E-state index contributed by atoms with van der Waals surface area (Å²) in [6.45, 7) is 4.69. The number of unbranched alkanes of at least 4 members (excludes halogenated alkanes) is 6. The standard InChI is InChI=1S/C41H51BrN4O6/c42-31-23-30(40(29-11-7-6-8-12-29)46(41(50)51)35-27-45-20-17-28(35)18-21-45)24-32(25-31)52-22-10-5-3-1-2-4-9-19-43-26-37(48)33-13-15-36(47)39-34(33)14-16-38(49)44-39/h6-8,11-16,23-25,28,35,37,40,43,47-48H,1-5,9-10,17-22,26-27H2,(H,44,49)(H,50,51)/t35?,37-,40+/m0/s1. The molecule has 3 saturated heterocycles. The van der Waals surface area contributed by atoms with E-state index in [9.17, 15) is 24.9 Å². The molecule has 0 saturated carbocycles. The van der Waals surface area contributed by atoms with Crippen LogP contribution in [-0.4, -0.2) is 81.6 Å². The van der Waals surface area contributed by atoms with Crippen molar-refractivity contribution in [2.75, 3.05) is 39.3 Å². The molecule has 4 heterocycles. The minimum absolute atomic E-state index is 0.0135. The Hall–Kier alpha value is -3.90. The monoisotopic (exact) mass is 774 g/mol. The molecule has 3 aliphatic rings. The third-order valence-corrected chi connectivity index (χ3v) is 11.1. The van der Waals surface area contributed by atoms with E-state index in [1.165, 1.54) is 12.1 Å². The van der Waals surface area contributed by atoms with E-state index in [0.717, 1.165) is 105 Å². The first-order valence-electron chi connectivity index (χ1n) is 18.7. The minimum atomic E-state index is -0.884. The maximum atomic E-state index is 13.0. The molecule has 2 bridgehead atoms. The van der Waals surface area contributed by atoms with Crippen molar-refractivity contribution in [1.29, 1.82) is 0 Å². The normalized spacial score (nSPS) is 19.4. The van der Waals surface area contributed by atoms with Crippen molar-refractivity contribution < 1.29 is 24.9 Å². The van der Waals surface area contributed by atoms with Gasteiger partial charge in [0, 0.05) is 29.0 Å². The molecule has 0 radical (unpaired) electrons. The summed E-state index contributed by atoms with van der Waals surface area (Å²) in [5.41, 5.74) is 2.58. The molecule has 10 nitrogen and oxygen atoms in total. The maximum Gasteiger partial charge on any atom is 0.408 e. The Balaban J connectivity index is 0.921. The third-order valence-electron chi connectivity index (χ3n) is 10.7. The molecule has 11 heteroatoms. The summed E-state index contributed by atoms with van der Waals surface area (Å²) in [5, 5.41) is 35.4. The number of phenolic OH excluding ortho intramolecular Hbond substituents is 1. The highest BCUT2D eigenvalue weighted by Crippen LogP contribution is 2.40. The van der Waals surface area contributed by atoms with E-state index >= 15 is 0 Å². The number of nitrogens with zero attached hydrogens (tertiary/aromatic N) is 2. The predicted molar refractivity (Wildman–Crippen MR) is 207 cm³/mol. The Labute approximate surface area is 313 Å². The molecule has 52 heavy (non-hydrogen) atoms. The van der Waals surface area contributed by atoms with E-state index in [1.807, 2.05) is 48.5 Å². The van der Waals surface area contributed by atoms with E-state index < -0.39 is 18.2 Å². The van der Waals surface area contributed by atoms with Crippen molar-refractivity contribution in [3.63, 3.8) is 0 Å². The molecule has 3 atom stereocenters. The van der Waals surface area contributed by atoms with Gasteiger partial charge < -0.3 is 35.3 Å². The molecule has 3 aliphatic heterocycles. The first kappa shape index (κ1) is 37.8. The SMILES string of the molecule is O=C(O)N(C1CN2CCC1CC2)[C@H](c1ccccc1)c1cc(Br)cc(OCCCCCCCCCNC[C@H](O)c2ccc(O)c3[nH]c(=O)ccc23)c1. The smallest absolute Gasteiger partial charge is 0.408 e. The lowest BCUT2D eigenvalue weighted by Gasteiger charge is -2.50. The number of fused-ring (bicyclic) bond motifs is 4. The molecule has 5 N–H and O–H groups in total. The average Bonchev–Trinajstić information content (AvgIpc) is 3.15. The summed E-state index contributed by atoms with van der Waals surface area (Å²) in [5.74, 6) is 1.11. The number of hydrogen-bond donors (Lipinski definition) is 5. The molecule has 0 spiro atoms. The molecule has 1 amide bonds. The lowest BCUT2D eigenvalue weighted by atomic mass is 9.81. The molecular weight excluding hydrogens is 724 g/mol. The molecule has 3 fully saturated rings. The number of ether oxygens (including phenoxy) is 1. The van der Waals surface area contributed by atoms with Crippen LogP contribution in [0.4, 0.5) is 4.79 Å². The summed E-state index contributed by atoms with van der Waals surface area (Å²) in [6.07, 6.45) is 8.05. The maximum absolute atomic E-state index is 13.0. The number of amides is 1. The van der Waals surface area contributed by atoms with Gasteiger partial charge in [-0.15, -0.1) is 0 Å². The van der Waals surface area contributed by atoms with Crippen LogP contribution in [0.1, 0.15) is 86.6 Å². The Morgan fingerprint density at radius 3 is 2.38 bits per heavy atom. The summed E-state index contributed by atoms with van der Waals surface area (Å²) in [4.78, 5) is 31.4. The average molecular weight is 776 g/mol. The van der Waals surface area contributed by atoms with Gasteiger partial charge in [0.1, 0.15) is 11.5 Å². The number of H-pyrrole nitrogens is 1. The number of pyridine rings is 1. The number of halogens is 1. The molecule has 3 aromatic carbocycles. The van der Waals surface area contributed by atoms with Crippen LogP contribution in [0.15, 0.2) is 82.1 Å². The number of aromatic amines is 1. The fraction of sp³-hybridized carbons (Fsp3) is 0.463. The van der Waals surface area contributed by atoms with E-state index in [0.29, 0.717) is 35.5 Å². The Morgan fingerprint density at radius 2 is 1.67 bits per heavy atom. The van der Waals surface area contributed by atoms with Crippen molar-refractivity contribution >= 4 is 32.9 Å². The van der Waals surface area contributed by atoms with Gasteiger partial charge in [0.2, 0.25) is 5.56 Å². The number of nitrogens with one attached hydrogen (secondary N) is 2. The molecule has 1 aromatic heterocycles. The topological polar surface area (TPSA) is 138 Å².